The van der Waals surface area contributed by atoms with E-state index in [-0.39, 0.29) is 44.9 Å². The van der Waals surface area contributed by atoms with Crippen molar-refractivity contribution >= 4 is 150 Å². The molecule has 0 aliphatic carbocycles. The second-order valence-electron chi connectivity index (χ2n) is 21.2. The standard InChI is InChI=1S/C70H34F6N6S2/c71-69(72,73)37-25-27-43-39-13-1-7-19-53(39)79(57(43)29-37)65-51(35-77)68(82-56-22-10-4-16-42(56)48-34-64-50(32-60(48)82)46-18-6-12-24-62(46)84-64)66(80-54-20-8-2-14-40(54)44-28-26-38(30-58(44)80)70(74,75)76)52(36-78)67(65)81-55-21-9-3-15-41(55)47-33-63-49(31-59(47)81)45-17-5-11-23-61(45)83-63/h1-34H. The van der Waals surface area contributed by atoms with E-state index in [1.165, 1.54) is 12.1 Å². The molecule has 0 bridgehead atoms. The number of rotatable bonds is 4. The van der Waals surface area contributed by atoms with E-state index in [9.17, 15) is 10.5 Å². The fraction of sp³-hybridized carbons (Fsp3) is 0.0286. The van der Waals surface area contributed by atoms with Gasteiger partial charge in [-0.3, -0.25) is 0 Å². The van der Waals surface area contributed by atoms with Crippen molar-refractivity contribution in [1.82, 2.24) is 18.3 Å². The van der Waals surface area contributed by atoms with Crippen LogP contribution in [0.5, 0.6) is 0 Å². The van der Waals surface area contributed by atoms with Crippen LogP contribution in [0.15, 0.2) is 206 Å². The molecule has 0 radical (unpaired) electrons. The van der Waals surface area contributed by atoms with Gasteiger partial charge in [-0.05, 0) is 84.9 Å². The first-order valence-electron chi connectivity index (χ1n) is 26.8. The first kappa shape index (κ1) is 48.3. The molecule has 398 valence electrons. The van der Waals surface area contributed by atoms with Crippen LogP contribution in [0.4, 0.5) is 26.3 Å². The molecule has 17 aromatic rings. The third-order valence-corrected chi connectivity index (χ3v) is 19.1. The summed E-state index contributed by atoms with van der Waals surface area (Å²) in [6.45, 7) is 0. The first-order chi connectivity index (χ1) is 40.9. The van der Waals surface area contributed by atoms with Crippen molar-refractivity contribution in [2.24, 2.45) is 0 Å². The van der Waals surface area contributed by atoms with Crippen LogP contribution in [-0.4, -0.2) is 18.3 Å². The maximum atomic E-state index is 15.3. The fourth-order valence-electron chi connectivity index (χ4n) is 13.4. The van der Waals surface area contributed by atoms with Crippen molar-refractivity contribution < 1.29 is 26.3 Å². The predicted molar refractivity (Wildman–Crippen MR) is 329 cm³/mol. The lowest BCUT2D eigenvalue weighted by molar-refractivity contribution is -0.138. The van der Waals surface area contributed by atoms with Gasteiger partial charge in [-0.2, -0.15) is 36.9 Å². The molecule has 84 heavy (non-hydrogen) atoms. The van der Waals surface area contributed by atoms with Crippen LogP contribution in [0.25, 0.3) is 150 Å². The summed E-state index contributed by atoms with van der Waals surface area (Å²) in [5.41, 5.74) is 1.99. The molecule has 0 unspecified atom stereocenters. The van der Waals surface area contributed by atoms with E-state index < -0.39 is 23.5 Å². The zero-order valence-corrected chi connectivity index (χ0v) is 45.0. The van der Waals surface area contributed by atoms with Crippen LogP contribution >= 0.6 is 22.7 Å². The number of nitriles is 2. The van der Waals surface area contributed by atoms with Gasteiger partial charge in [-0.1, -0.05) is 121 Å². The number of hydrogen-bond donors (Lipinski definition) is 0. The molecule has 14 heteroatoms. The number of hydrogen-bond acceptors (Lipinski definition) is 4. The molecule has 0 saturated heterocycles. The van der Waals surface area contributed by atoms with Crippen molar-refractivity contribution in [1.29, 1.82) is 10.5 Å². The van der Waals surface area contributed by atoms with Gasteiger partial charge in [0.25, 0.3) is 0 Å². The van der Waals surface area contributed by atoms with Gasteiger partial charge >= 0.3 is 12.4 Å². The number of nitrogens with zero attached hydrogens (tertiary/aromatic N) is 6. The Bertz CT molecular complexity index is 5530. The van der Waals surface area contributed by atoms with Gasteiger partial charge in [0.15, 0.2) is 0 Å². The molecule has 6 heterocycles. The lowest BCUT2D eigenvalue weighted by Gasteiger charge is -2.27. The van der Waals surface area contributed by atoms with E-state index in [0.717, 1.165) is 86.2 Å². The van der Waals surface area contributed by atoms with Gasteiger partial charge in [0.2, 0.25) is 0 Å². The van der Waals surface area contributed by atoms with E-state index in [1.54, 1.807) is 68.2 Å². The molecule has 11 aromatic carbocycles. The minimum absolute atomic E-state index is 0.0668. The van der Waals surface area contributed by atoms with Crippen molar-refractivity contribution in [3.8, 4) is 34.9 Å². The topological polar surface area (TPSA) is 67.3 Å². The van der Waals surface area contributed by atoms with E-state index in [0.29, 0.717) is 54.6 Å². The fourth-order valence-corrected chi connectivity index (χ4v) is 15.7. The van der Waals surface area contributed by atoms with Crippen molar-refractivity contribution in [2.75, 3.05) is 0 Å². The summed E-state index contributed by atoms with van der Waals surface area (Å²) in [5, 5.41) is 34.6. The Kier molecular flexibility index (Phi) is 9.84. The Morgan fingerprint density at radius 2 is 0.560 bits per heavy atom. The largest absolute Gasteiger partial charge is 0.416 e. The molecule has 6 aromatic heterocycles. The van der Waals surface area contributed by atoms with Crippen LogP contribution in [0.3, 0.4) is 0 Å². The summed E-state index contributed by atoms with van der Waals surface area (Å²) in [6, 6.07) is 66.8. The zero-order valence-electron chi connectivity index (χ0n) is 43.4. The Hall–Kier alpha value is -10.4. The van der Waals surface area contributed by atoms with Crippen LogP contribution in [0.2, 0.25) is 0 Å². The Balaban J connectivity index is 1.19. The Labute approximate surface area is 478 Å². The number of benzene rings is 11. The van der Waals surface area contributed by atoms with Crippen molar-refractivity contribution in [2.45, 2.75) is 12.4 Å². The minimum Gasteiger partial charge on any atom is -0.306 e. The van der Waals surface area contributed by atoms with E-state index in [1.807, 2.05) is 106 Å². The van der Waals surface area contributed by atoms with Crippen LogP contribution in [0, 0.1) is 22.7 Å². The highest BCUT2D eigenvalue weighted by Gasteiger charge is 2.38. The number of aromatic nitrogens is 4. The lowest BCUT2D eigenvalue weighted by Crippen LogP contribution is -2.17. The third kappa shape index (κ3) is 6.54. The molecule has 0 fully saturated rings. The highest BCUT2D eigenvalue weighted by Crippen LogP contribution is 2.51. The smallest absolute Gasteiger partial charge is 0.306 e. The second-order valence-corrected chi connectivity index (χ2v) is 23.3. The third-order valence-electron chi connectivity index (χ3n) is 16.9. The average Bonchev–Trinajstić information content (AvgIpc) is 1.54. The highest BCUT2D eigenvalue weighted by molar-refractivity contribution is 7.26. The summed E-state index contributed by atoms with van der Waals surface area (Å²) in [6.07, 6.45) is -9.59. The number of halogens is 6. The Morgan fingerprint density at radius 1 is 0.274 bits per heavy atom. The van der Waals surface area contributed by atoms with Crippen LogP contribution in [-0.2, 0) is 12.4 Å². The monoisotopic (exact) mass is 1140 g/mol. The summed E-state index contributed by atoms with van der Waals surface area (Å²) in [7, 11) is 0. The first-order valence-corrected chi connectivity index (χ1v) is 28.5. The maximum absolute atomic E-state index is 15.3. The summed E-state index contributed by atoms with van der Waals surface area (Å²) < 4.78 is 103. The molecule has 6 nitrogen and oxygen atoms in total. The summed E-state index contributed by atoms with van der Waals surface area (Å²) in [5.74, 6) is 0. The van der Waals surface area contributed by atoms with Crippen molar-refractivity contribution in [3.05, 3.63) is 229 Å². The molecule has 0 saturated carbocycles. The minimum atomic E-state index is -4.79. The highest BCUT2D eigenvalue weighted by atomic mass is 32.1. The Morgan fingerprint density at radius 3 is 0.893 bits per heavy atom. The van der Waals surface area contributed by atoms with Gasteiger partial charge < -0.3 is 18.3 Å². The lowest BCUT2D eigenvalue weighted by atomic mass is 9.98. The molecule has 17 rings (SSSR count). The van der Waals surface area contributed by atoms with Gasteiger partial charge in [0, 0.05) is 83.4 Å². The molecule has 0 aliphatic rings. The number of alkyl halides is 6. The van der Waals surface area contributed by atoms with Gasteiger partial charge in [-0.15, -0.1) is 22.7 Å². The van der Waals surface area contributed by atoms with Crippen LogP contribution in [0.1, 0.15) is 22.3 Å². The van der Waals surface area contributed by atoms with Gasteiger partial charge in [0.05, 0.1) is 78.0 Å². The SMILES string of the molecule is N#Cc1c(-n2c3ccccc3c3ccc(C(F)(F)F)cc32)c(-n2c3ccccc3c3cc4sc5ccccc5c4cc32)c(C#N)c(-n2c3ccccc3c3ccc(C(F)(F)F)cc32)c1-n1c2ccccc2c2cc3sc4ccccc4c3cc21. The van der Waals surface area contributed by atoms with E-state index >= 15 is 26.3 Å². The molecular weight excluding hydrogens is 1100 g/mol. The molecule has 0 N–H and O–H groups in total. The number of para-hydroxylation sites is 4. The second kappa shape index (κ2) is 17.1. The van der Waals surface area contributed by atoms with E-state index in [2.05, 4.69) is 48.5 Å². The number of fused-ring (bicyclic) bond motifs is 18. The number of thiophene rings is 2. The molecule has 0 aliphatic heterocycles. The molecular formula is C70H34F6N6S2. The summed E-state index contributed by atoms with van der Waals surface area (Å²) in [4.78, 5) is 0. The van der Waals surface area contributed by atoms with Crippen molar-refractivity contribution in [3.63, 3.8) is 0 Å². The molecule has 0 spiro atoms. The normalized spacial score (nSPS) is 12.6. The summed E-state index contributed by atoms with van der Waals surface area (Å²) >= 11 is 3.27. The van der Waals surface area contributed by atoms with E-state index in [4.69, 9.17) is 0 Å². The van der Waals surface area contributed by atoms with Gasteiger partial charge in [-0.25, -0.2) is 0 Å². The average molecular weight is 1140 g/mol. The molecule has 0 amide bonds. The van der Waals surface area contributed by atoms with Crippen LogP contribution < -0.4 is 0 Å². The molecule has 0 atom stereocenters. The zero-order chi connectivity index (χ0) is 56.7. The maximum Gasteiger partial charge on any atom is 0.416 e. The predicted octanol–water partition coefficient (Wildman–Crippen LogP) is 20.6. The van der Waals surface area contributed by atoms with Gasteiger partial charge in [0.1, 0.15) is 23.3 Å². The quantitative estimate of drug-likeness (QED) is 0.165.